The normalized spacial score (nSPS) is 23.2. The largest absolute Gasteiger partial charge is 0.493 e. The summed E-state index contributed by atoms with van der Waals surface area (Å²) < 4.78 is 36.0. The Bertz CT molecular complexity index is 670. The molecular formula is C19H30NO5P. The molecule has 146 valence electrons. The van der Waals surface area contributed by atoms with Crippen molar-refractivity contribution in [1.82, 2.24) is 4.90 Å². The minimum absolute atomic E-state index is 0.0243. The zero-order valence-corrected chi connectivity index (χ0v) is 17.1. The summed E-state index contributed by atoms with van der Waals surface area (Å²) in [4.78, 5) is 2.42. The predicted octanol–water partition coefficient (Wildman–Crippen LogP) is 4.03. The van der Waals surface area contributed by atoms with E-state index in [4.69, 9.17) is 18.5 Å². The lowest BCUT2D eigenvalue weighted by molar-refractivity contribution is 0.117. The molecule has 26 heavy (non-hydrogen) atoms. The number of ether oxygens (including phenoxy) is 2. The molecule has 0 radical (unpaired) electrons. The molecule has 0 unspecified atom stereocenters. The van der Waals surface area contributed by atoms with E-state index < -0.39 is 7.60 Å². The van der Waals surface area contributed by atoms with E-state index in [-0.39, 0.29) is 11.7 Å². The predicted molar refractivity (Wildman–Crippen MR) is 101 cm³/mol. The highest BCUT2D eigenvalue weighted by molar-refractivity contribution is 7.54. The molecule has 2 heterocycles. The first-order chi connectivity index (χ1) is 12.6. The minimum atomic E-state index is -3.20. The summed E-state index contributed by atoms with van der Waals surface area (Å²) >= 11 is 0. The zero-order chi connectivity index (χ0) is 18.7. The Kier molecular flexibility index (Phi) is 6.29. The average molecular weight is 383 g/mol. The highest BCUT2D eigenvalue weighted by Crippen LogP contribution is 2.61. The molecule has 7 heteroatoms. The van der Waals surface area contributed by atoms with E-state index in [9.17, 15) is 4.57 Å². The highest BCUT2D eigenvalue weighted by Gasteiger charge is 2.47. The van der Waals surface area contributed by atoms with Crippen molar-refractivity contribution in [3.05, 3.63) is 23.3 Å². The number of methoxy groups -OCH3 is 2. The van der Waals surface area contributed by atoms with Gasteiger partial charge in [0.05, 0.1) is 33.1 Å². The van der Waals surface area contributed by atoms with Crippen LogP contribution in [0.1, 0.15) is 43.9 Å². The van der Waals surface area contributed by atoms with Crippen LogP contribution < -0.4 is 9.47 Å². The molecule has 0 N–H and O–H groups in total. The number of fused-ring (bicyclic) bond motifs is 3. The molecule has 1 aromatic carbocycles. The topological polar surface area (TPSA) is 57.2 Å². The minimum Gasteiger partial charge on any atom is -0.493 e. The van der Waals surface area contributed by atoms with Crippen LogP contribution in [0.25, 0.3) is 0 Å². The fourth-order valence-electron chi connectivity index (χ4n) is 4.31. The second kappa shape index (κ2) is 8.30. The standard InChI is InChI=1S/C19H30NO5P/c1-5-24-26(21,25-6-2)18-8-7-10-20-11-9-14-12-16(22-3)17(23-4)13-15(14)19(18)20/h12-13,18-19H,5-11H2,1-4H3/t18-,19-/m1/s1. The third-order valence-corrected chi connectivity index (χ3v) is 7.95. The molecular weight excluding hydrogens is 353 g/mol. The second-order valence-electron chi connectivity index (χ2n) is 6.72. The SMILES string of the molecule is CCOP(=O)(OCC)[C@@H]1CCCN2CCc3cc(OC)c(OC)cc3[C@H]12. The fraction of sp³-hybridized carbons (Fsp3) is 0.684. The smallest absolute Gasteiger partial charge is 0.335 e. The van der Waals surface area contributed by atoms with E-state index in [1.165, 1.54) is 11.1 Å². The molecule has 2 aliphatic rings. The molecule has 0 aromatic heterocycles. The molecule has 0 bridgehead atoms. The lowest BCUT2D eigenvalue weighted by Crippen LogP contribution is -2.46. The van der Waals surface area contributed by atoms with Gasteiger partial charge in [0.2, 0.25) is 0 Å². The van der Waals surface area contributed by atoms with E-state index in [1.807, 2.05) is 19.9 Å². The first-order valence-corrected chi connectivity index (χ1v) is 11.1. The molecule has 0 amide bonds. The summed E-state index contributed by atoms with van der Waals surface area (Å²) in [6.07, 6.45) is 2.80. The summed E-state index contributed by atoms with van der Waals surface area (Å²) in [5.41, 5.74) is 2.24. The third-order valence-electron chi connectivity index (χ3n) is 5.36. The maximum absolute atomic E-state index is 13.6. The lowest BCUT2D eigenvalue weighted by Gasteiger charge is -2.46. The maximum atomic E-state index is 13.6. The number of piperidine rings is 1. The Morgan fingerprint density at radius 3 is 2.35 bits per heavy atom. The average Bonchev–Trinajstić information content (AvgIpc) is 2.66. The number of nitrogens with zero attached hydrogens (tertiary/aromatic N) is 1. The lowest BCUT2D eigenvalue weighted by atomic mass is 9.86. The van der Waals surface area contributed by atoms with E-state index in [0.717, 1.165) is 38.1 Å². The van der Waals surface area contributed by atoms with Crippen LogP contribution in [0.3, 0.4) is 0 Å². The first kappa shape index (κ1) is 19.7. The first-order valence-electron chi connectivity index (χ1n) is 9.45. The third kappa shape index (κ3) is 3.53. The van der Waals surface area contributed by atoms with Crippen LogP contribution in [-0.4, -0.2) is 51.1 Å². The van der Waals surface area contributed by atoms with Crippen molar-refractivity contribution in [1.29, 1.82) is 0 Å². The molecule has 0 spiro atoms. The van der Waals surface area contributed by atoms with Crippen LogP contribution in [0.5, 0.6) is 11.5 Å². The van der Waals surface area contributed by atoms with Crippen molar-refractivity contribution in [2.75, 3.05) is 40.5 Å². The number of benzene rings is 1. The van der Waals surface area contributed by atoms with Gasteiger partial charge in [0.15, 0.2) is 11.5 Å². The van der Waals surface area contributed by atoms with Crippen LogP contribution in [0.4, 0.5) is 0 Å². The van der Waals surface area contributed by atoms with Crippen LogP contribution in [0, 0.1) is 0 Å². The molecule has 0 saturated carbocycles. The van der Waals surface area contributed by atoms with Gasteiger partial charge in [0.25, 0.3) is 0 Å². The summed E-state index contributed by atoms with van der Waals surface area (Å²) in [6.45, 7) is 6.47. The Labute approximate surface area is 156 Å². The van der Waals surface area contributed by atoms with Crippen LogP contribution in [0.15, 0.2) is 12.1 Å². The van der Waals surface area contributed by atoms with Crippen molar-refractivity contribution < 1.29 is 23.1 Å². The zero-order valence-electron chi connectivity index (χ0n) is 16.2. The summed E-state index contributed by atoms with van der Waals surface area (Å²) in [7, 11) is 0.105. The fourth-order valence-corrected chi connectivity index (χ4v) is 6.68. The van der Waals surface area contributed by atoms with E-state index in [0.29, 0.717) is 19.0 Å². The molecule has 3 rings (SSSR count). The number of rotatable bonds is 7. The second-order valence-corrected chi connectivity index (χ2v) is 8.98. The van der Waals surface area contributed by atoms with E-state index in [1.54, 1.807) is 14.2 Å². The molecule has 1 saturated heterocycles. The van der Waals surface area contributed by atoms with Crippen molar-refractivity contribution in [2.45, 2.75) is 44.8 Å². The van der Waals surface area contributed by atoms with Crippen LogP contribution in [0.2, 0.25) is 0 Å². The van der Waals surface area contributed by atoms with E-state index >= 15 is 0 Å². The Morgan fingerprint density at radius 1 is 1.08 bits per heavy atom. The monoisotopic (exact) mass is 383 g/mol. The van der Waals surface area contributed by atoms with E-state index in [2.05, 4.69) is 11.0 Å². The van der Waals surface area contributed by atoms with Gasteiger partial charge in [-0.3, -0.25) is 9.46 Å². The number of hydrogen-bond acceptors (Lipinski definition) is 6. The Hall–Kier alpha value is -1.07. The molecule has 2 atom stereocenters. The van der Waals surface area contributed by atoms with Gasteiger partial charge < -0.3 is 18.5 Å². The van der Waals surface area contributed by atoms with Gasteiger partial charge >= 0.3 is 7.60 Å². The molecule has 2 aliphatic heterocycles. The molecule has 1 aromatic rings. The van der Waals surface area contributed by atoms with Gasteiger partial charge in [-0.15, -0.1) is 0 Å². The highest BCUT2D eigenvalue weighted by atomic mass is 31.2. The molecule has 1 fully saturated rings. The van der Waals surface area contributed by atoms with Gasteiger partial charge in [-0.05, 0) is 62.9 Å². The maximum Gasteiger partial charge on any atom is 0.335 e. The van der Waals surface area contributed by atoms with Gasteiger partial charge in [-0.25, -0.2) is 0 Å². The van der Waals surface area contributed by atoms with Gasteiger partial charge in [-0.2, -0.15) is 0 Å². The Balaban J connectivity index is 2.06. The van der Waals surface area contributed by atoms with Crippen molar-refractivity contribution >= 4 is 7.60 Å². The summed E-state index contributed by atoms with van der Waals surface area (Å²) in [5, 5.41) is 0. The van der Waals surface area contributed by atoms with Crippen molar-refractivity contribution in [3.63, 3.8) is 0 Å². The summed E-state index contributed by atoms with van der Waals surface area (Å²) in [6, 6.07) is 4.13. The van der Waals surface area contributed by atoms with Gasteiger partial charge in [0, 0.05) is 12.6 Å². The van der Waals surface area contributed by atoms with Crippen LogP contribution in [-0.2, 0) is 20.0 Å². The molecule has 6 nitrogen and oxygen atoms in total. The summed E-state index contributed by atoms with van der Waals surface area (Å²) in [5.74, 6) is 1.45. The van der Waals surface area contributed by atoms with Gasteiger partial charge in [-0.1, -0.05) is 0 Å². The van der Waals surface area contributed by atoms with Crippen molar-refractivity contribution in [2.24, 2.45) is 0 Å². The number of hydrogen-bond donors (Lipinski definition) is 0. The van der Waals surface area contributed by atoms with Crippen LogP contribution >= 0.6 is 7.60 Å². The quantitative estimate of drug-likeness (QED) is 0.663. The van der Waals surface area contributed by atoms with Crippen molar-refractivity contribution in [3.8, 4) is 11.5 Å². The van der Waals surface area contributed by atoms with Gasteiger partial charge in [0.1, 0.15) is 0 Å². The molecule has 0 aliphatic carbocycles. The Morgan fingerprint density at radius 2 is 1.73 bits per heavy atom.